The first-order valence-corrected chi connectivity index (χ1v) is 11.0. The molecule has 2 aromatic carbocycles. The third-order valence-corrected chi connectivity index (χ3v) is 6.44. The maximum absolute atomic E-state index is 12.9. The molecule has 0 fully saturated rings. The van der Waals surface area contributed by atoms with Gasteiger partial charge < -0.3 is 19.4 Å². The van der Waals surface area contributed by atoms with Crippen LogP contribution in [0, 0.1) is 0 Å². The molecule has 4 aromatic rings. The van der Waals surface area contributed by atoms with Crippen molar-refractivity contribution >= 4 is 45.4 Å². The van der Waals surface area contributed by atoms with Crippen LogP contribution in [0.5, 0.6) is 11.5 Å². The smallest absolute Gasteiger partial charge is 0.237 e. The Labute approximate surface area is 183 Å². The van der Waals surface area contributed by atoms with Crippen LogP contribution >= 0.6 is 11.8 Å². The van der Waals surface area contributed by atoms with E-state index in [4.69, 9.17) is 14.5 Å². The normalized spacial score (nSPS) is 13.6. The summed E-state index contributed by atoms with van der Waals surface area (Å²) in [6.07, 6.45) is 0.624. The molecule has 31 heavy (non-hydrogen) atoms. The second-order valence-electron chi connectivity index (χ2n) is 7.10. The minimum absolute atomic E-state index is 0.119. The molecule has 1 N–H and O–H groups in total. The Morgan fingerprint density at radius 2 is 2.00 bits per heavy atom. The number of aryl methyl sites for hydroxylation is 1. The van der Waals surface area contributed by atoms with E-state index in [-0.39, 0.29) is 18.0 Å². The Morgan fingerprint density at radius 1 is 1.16 bits per heavy atom. The van der Waals surface area contributed by atoms with Crippen molar-refractivity contribution in [2.24, 2.45) is 0 Å². The van der Waals surface area contributed by atoms with Gasteiger partial charge in [0.15, 0.2) is 17.1 Å². The highest BCUT2D eigenvalue weighted by Gasteiger charge is 2.22. The van der Waals surface area contributed by atoms with Gasteiger partial charge in [0, 0.05) is 23.7 Å². The highest BCUT2D eigenvalue weighted by Crippen LogP contribution is 2.35. The number of nitrogens with one attached hydrogen (secondary N) is 1. The summed E-state index contributed by atoms with van der Waals surface area (Å²) >= 11 is 1.32. The summed E-state index contributed by atoms with van der Waals surface area (Å²) in [5.74, 6) is 1.19. The van der Waals surface area contributed by atoms with Crippen molar-refractivity contribution in [3.63, 3.8) is 0 Å². The second-order valence-corrected chi connectivity index (χ2v) is 8.27. The number of carbonyl (C=O) groups excluding carboxylic acids is 1. The van der Waals surface area contributed by atoms with Crippen LogP contribution in [0.4, 0.5) is 5.69 Å². The quantitative estimate of drug-likeness (QED) is 0.453. The monoisotopic (exact) mass is 435 g/mol. The molecule has 3 heterocycles. The van der Waals surface area contributed by atoms with Gasteiger partial charge in [-0.05, 0) is 31.5 Å². The number of amides is 1. The SMILES string of the molecule is CCC(Sc1nnc2c3ccccc3n(CC)c2n1)C(=O)Nc1ccc2c(c1)OCO2. The molecule has 0 aliphatic carbocycles. The predicted octanol–water partition coefficient (Wildman–Crippen LogP) is 4.24. The van der Waals surface area contributed by atoms with Gasteiger partial charge in [-0.1, -0.05) is 36.9 Å². The molecule has 1 aliphatic rings. The average Bonchev–Trinajstić information content (AvgIpc) is 3.38. The molecule has 1 amide bonds. The van der Waals surface area contributed by atoms with Crippen LogP contribution in [0.15, 0.2) is 47.6 Å². The molecule has 158 valence electrons. The van der Waals surface area contributed by atoms with Crippen LogP contribution in [0.3, 0.4) is 0 Å². The Balaban J connectivity index is 1.39. The summed E-state index contributed by atoms with van der Waals surface area (Å²) in [5, 5.41) is 12.8. The third-order valence-electron chi connectivity index (χ3n) is 5.22. The van der Waals surface area contributed by atoms with Gasteiger partial charge in [0.05, 0.1) is 10.8 Å². The maximum atomic E-state index is 12.9. The molecule has 0 spiro atoms. The largest absolute Gasteiger partial charge is 0.454 e. The zero-order valence-corrected chi connectivity index (χ0v) is 18.0. The first-order valence-electron chi connectivity index (χ1n) is 10.2. The lowest BCUT2D eigenvalue weighted by Crippen LogP contribution is -2.24. The van der Waals surface area contributed by atoms with Crippen molar-refractivity contribution in [3.8, 4) is 11.5 Å². The lowest BCUT2D eigenvalue weighted by molar-refractivity contribution is -0.115. The highest BCUT2D eigenvalue weighted by atomic mass is 32.2. The van der Waals surface area contributed by atoms with E-state index in [9.17, 15) is 4.79 Å². The topological polar surface area (TPSA) is 91.2 Å². The van der Waals surface area contributed by atoms with Gasteiger partial charge in [-0.15, -0.1) is 10.2 Å². The fourth-order valence-corrected chi connectivity index (χ4v) is 4.52. The van der Waals surface area contributed by atoms with Gasteiger partial charge in [-0.25, -0.2) is 4.98 Å². The number of aromatic nitrogens is 4. The van der Waals surface area contributed by atoms with E-state index < -0.39 is 0 Å². The number of para-hydroxylation sites is 1. The Hall–Kier alpha value is -3.33. The Morgan fingerprint density at radius 3 is 2.84 bits per heavy atom. The molecule has 0 radical (unpaired) electrons. The minimum Gasteiger partial charge on any atom is -0.454 e. The number of carbonyl (C=O) groups is 1. The summed E-state index contributed by atoms with van der Waals surface area (Å²) in [4.78, 5) is 17.6. The number of fused-ring (bicyclic) bond motifs is 4. The molecule has 2 aromatic heterocycles. The molecular formula is C22H21N5O3S. The molecule has 1 unspecified atom stereocenters. The van der Waals surface area contributed by atoms with Gasteiger partial charge in [-0.3, -0.25) is 4.79 Å². The van der Waals surface area contributed by atoms with Crippen molar-refractivity contribution in [1.82, 2.24) is 19.7 Å². The lowest BCUT2D eigenvalue weighted by atomic mass is 10.2. The second kappa shape index (κ2) is 8.07. The molecule has 0 saturated carbocycles. The van der Waals surface area contributed by atoms with Crippen LogP contribution in [0.25, 0.3) is 22.1 Å². The van der Waals surface area contributed by atoms with Crippen LogP contribution in [0.2, 0.25) is 0 Å². The van der Waals surface area contributed by atoms with E-state index >= 15 is 0 Å². The van der Waals surface area contributed by atoms with Crippen LogP contribution < -0.4 is 14.8 Å². The van der Waals surface area contributed by atoms with Crippen LogP contribution in [-0.2, 0) is 11.3 Å². The van der Waals surface area contributed by atoms with E-state index in [1.165, 1.54) is 11.8 Å². The average molecular weight is 436 g/mol. The van der Waals surface area contributed by atoms with E-state index in [1.807, 2.05) is 25.1 Å². The number of hydrogen-bond acceptors (Lipinski definition) is 7. The molecule has 1 aliphatic heterocycles. The fourth-order valence-electron chi connectivity index (χ4n) is 3.71. The van der Waals surface area contributed by atoms with Gasteiger partial charge in [-0.2, -0.15) is 0 Å². The van der Waals surface area contributed by atoms with Crippen molar-refractivity contribution in [1.29, 1.82) is 0 Å². The van der Waals surface area contributed by atoms with Gasteiger partial charge in [0.1, 0.15) is 5.52 Å². The summed E-state index contributed by atoms with van der Waals surface area (Å²) in [6.45, 7) is 5.01. The van der Waals surface area contributed by atoms with E-state index in [0.717, 1.165) is 28.6 Å². The highest BCUT2D eigenvalue weighted by molar-refractivity contribution is 8.00. The Kier molecular flexibility index (Phi) is 5.11. The molecule has 1 atom stereocenters. The van der Waals surface area contributed by atoms with Crippen molar-refractivity contribution in [2.75, 3.05) is 12.1 Å². The summed E-state index contributed by atoms with van der Waals surface area (Å²) in [6, 6.07) is 13.4. The zero-order chi connectivity index (χ0) is 21.4. The number of benzene rings is 2. The van der Waals surface area contributed by atoms with Crippen LogP contribution in [0.1, 0.15) is 20.3 Å². The maximum Gasteiger partial charge on any atom is 0.237 e. The molecule has 9 heteroatoms. The van der Waals surface area contributed by atoms with Gasteiger partial charge in [0.25, 0.3) is 0 Å². The molecule has 8 nitrogen and oxygen atoms in total. The lowest BCUT2D eigenvalue weighted by Gasteiger charge is -2.14. The number of thioether (sulfide) groups is 1. The molecule has 5 rings (SSSR count). The van der Waals surface area contributed by atoms with Gasteiger partial charge in [0.2, 0.25) is 17.9 Å². The minimum atomic E-state index is -0.357. The van der Waals surface area contributed by atoms with Crippen molar-refractivity contribution in [2.45, 2.75) is 37.2 Å². The van der Waals surface area contributed by atoms with Crippen molar-refractivity contribution in [3.05, 3.63) is 42.5 Å². The summed E-state index contributed by atoms with van der Waals surface area (Å²) in [5.41, 5.74) is 3.30. The standard InChI is InChI=1S/C22H21N5O3S/c1-3-18(21(28)23-13-9-10-16-17(11-13)30-12-29-16)31-22-24-20-19(25-26-22)14-7-5-6-8-15(14)27(20)4-2/h5-11,18H,3-4,12H2,1-2H3,(H,23,28). The first-order chi connectivity index (χ1) is 15.2. The fraction of sp³-hybridized carbons (Fsp3) is 0.273. The number of hydrogen-bond donors (Lipinski definition) is 1. The molecule has 0 saturated heterocycles. The van der Waals surface area contributed by atoms with Crippen molar-refractivity contribution < 1.29 is 14.3 Å². The predicted molar refractivity (Wildman–Crippen MR) is 120 cm³/mol. The Bertz CT molecular complexity index is 1290. The van der Waals surface area contributed by atoms with Crippen LogP contribution in [-0.4, -0.2) is 37.7 Å². The van der Waals surface area contributed by atoms with E-state index in [1.54, 1.807) is 18.2 Å². The zero-order valence-electron chi connectivity index (χ0n) is 17.2. The van der Waals surface area contributed by atoms with E-state index in [2.05, 4.69) is 33.1 Å². The number of ether oxygens (including phenoxy) is 2. The summed E-state index contributed by atoms with van der Waals surface area (Å²) in [7, 11) is 0. The van der Waals surface area contributed by atoms with Gasteiger partial charge >= 0.3 is 0 Å². The third kappa shape index (κ3) is 3.54. The number of rotatable bonds is 6. The number of nitrogens with zero attached hydrogens (tertiary/aromatic N) is 4. The molecular weight excluding hydrogens is 414 g/mol. The summed E-state index contributed by atoms with van der Waals surface area (Å²) < 4.78 is 12.8. The first kappa shape index (κ1) is 19.6. The molecule has 0 bridgehead atoms. The number of anilines is 1. The van der Waals surface area contributed by atoms with E-state index in [0.29, 0.717) is 28.8 Å².